The number of methoxy groups -OCH3 is 1. The highest BCUT2D eigenvalue weighted by Crippen LogP contribution is 2.35. The maximum atomic E-state index is 13.3. The fourth-order valence-corrected chi connectivity index (χ4v) is 4.42. The summed E-state index contributed by atoms with van der Waals surface area (Å²) in [6, 6.07) is 6.59. The van der Waals surface area contributed by atoms with Gasteiger partial charge in [-0.1, -0.05) is 31.2 Å². The molecule has 1 aliphatic heterocycles. The first-order valence-corrected chi connectivity index (χ1v) is 12.0. The van der Waals surface area contributed by atoms with Crippen molar-refractivity contribution in [2.45, 2.75) is 65.1 Å². The normalized spacial score (nSPS) is 21.1. The first kappa shape index (κ1) is 25.5. The smallest absolute Gasteiger partial charge is 0.242 e. The monoisotopic (exact) mass is 469 g/mol. The average molecular weight is 470 g/mol. The van der Waals surface area contributed by atoms with E-state index in [9.17, 15) is 19.2 Å². The Kier molecular flexibility index (Phi) is 8.47. The second-order valence-corrected chi connectivity index (χ2v) is 9.10. The first-order chi connectivity index (χ1) is 16.3. The van der Waals surface area contributed by atoms with Gasteiger partial charge in [0, 0.05) is 25.6 Å². The number of imide groups is 1. The number of nitrogens with zero attached hydrogens (tertiary/aromatic N) is 2. The highest BCUT2D eigenvalue weighted by molar-refractivity contribution is 6.05. The van der Waals surface area contributed by atoms with Crippen molar-refractivity contribution in [1.29, 1.82) is 0 Å². The number of hydrogen-bond donors (Lipinski definition) is 1. The minimum atomic E-state index is -0.708. The summed E-state index contributed by atoms with van der Waals surface area (Å²) in [5.41, 5.74) is 0.850. The quantitative estimate of drug-likeness (QED) is 0.420. The summed E-state index contributed by atoms with van der Waals surface area (Å²) in [7, 11) is 1.58. The van der Waals surface area contributed by atoms with E-state index >= 15 is 0 Å². The van der Waals surface area contributed by atoms with Crippen molar-refractivity contribution in [3.63, 3.8) is 0 Å². The lowest BCUT2D eigenvalue weighted by Gasteiger charge is -2.30. The number of fused-ring (bicyclic) bond motifs is 1. The van der Waals surface area contributed by atoms with Crippen LogP contribution in [0.4, 0.5) is 0 Å². The van der Waals surface area contributed by atoms with E-state index in [-0.39, 0.29) is 61.0 Å². The summed E-state index contributed by atoms with van der Waals surface area (Å²) in [6.45, 7) is 5.86. The third kappa shape index (κ3) is 5.66. The summed E-state index contributed by atoms with van der Waals surface area (Å²) in [6.07, 6.45) is 5.76. The Morgan fingerprint density at radius 1 is 1.09 bits per heavy atom. The topological polar surface area (TPSA) is 96.0 Å². The van der Waals surface area contributed by atoms with E-state index < -0.39 is 6.04 Å². The van der Waals surface area contributed by atoms with Crippen LogP contribution in [0.1, 0.15) is 52.0 Å². The third-order valence-electron chi connectivity index (χ3n) is 6.83. The lowest BCUT2D eigenvalue weighted by atomic mass is 9.85. The zero-order valence-electron chi connectivity index (χ0n) is 20.5. The van der Waals surface area contributed by atoms with Crippen LogP contribution >= 0.6 is 0 Å². The third-order valence-corrected chi connectivity index (χ3v) is 6.83. The second-order valence-electron chi connectivity index (χ2n) is 9.10. The fraction of sp³-hybridized carbons (Fsp3) is 0.538. The predicted molar refractivity (Wildman–Crippen MR) is 128 cm³/mol. The molecule has 4 atom stereocenters. The molecule has 0 aromatic heterocycles. The molecule has 1 N–H and O–H groups in total. The number of allylic oxidation sites excluding steroid dienone is 2. The van der Waals surface area contributed by atoms with Gasteiger partial charge in [0.05, 0.1) is 18.9 Å². The molecule has 1 aromatic carbocycles. The number of carbonyl (C=O) groups excluding carboxylic acids is 4. The minimum absolute atomic E-state index is 0.00955. The number of likely N-dealkylation sites (tertiary alicyclic amines) is 1. The lowest BCUT2D eigenvalue weighted by Crippen LogP contribution is -2.50. The summed E-state index contributed by atoms with van der Waals surface area (Å²) >= 11 is 0. The molecule has 0 radical (unpaired) electrons. The van der Waals surface area contributed by atoms with Crippen LogP contribution in [-0.2, 0) is 25.7 Å². The van der Waals surface area contributed by atoms with Crippen molar-refractivity contribution in [2.75, 3.05) is 13.7 Å². The van der Waals surface area contributed by atoms with Gasteiger partial charge in [0.1, 0.15) is 11.8 Å². The van der Waals surface area contributed by atoms with Crippen molar-refractivity contribution < 1.29 is 23.9 Å². The molecule has 0 saturated carbocycles. The molecule has 2 aliphatic rings. The summed E-state index contributed by atoms with van der Waals surface area (Å²) < 4.78 is 5.20. The molecule has 1 aromatic rings. The zero-order valence-corrected chi connectivity index (χ0v) is 20.5. The number of benzene rings is 1. The number of rotatable bonds is 10. The number of hydrogen-bond acceptors (Lipinski definition) is 5. The van der Waals surface area contributed by atoms with Gasteiger partial charge < -0.3 is 15.0 Å². The SMILES string of the molecule is CC[C@H](C)NC(=O)[C@@H](C)N(Cc1ccc(OC)cc1)C(=O)CCN1C(=O)[C@H]2CC=CC[C@H]2C1=O. The number of carbonyl (C=O) groups is 4. The van der Waals surface area contributed by atoms with Crippen molar-refractivity contribution >= 4 is 23.6 Å². The maximum absolute atomic E-state index is 13.3. The predicted octanol–water partition coefficient (Wildman–Crippen LogP) is 2.67. The Bertz CT molecular complexity index is 916. The molecule has 1 aliphatic carbocycles. The van der Waals surface area contributed by atoms with Crippen molar-refractivity contribution in [3.05, 3.63) is 42.0 Å². The van der Waals surface area contributed by atoms with Gasteiger partial charge in [-0.05, 0) is 50.8 Å². The van der Waals surface area contributed by atoms with Gasteiger partial charge in [0.15, 0.2) is 0 Å². The molecule has 8 heteroatoms. The van der Waals surface area contributed by atoms with Crippen molar-refractivity contribution in [1.82, 2.24) is 15.1 Å². The van der Waals surface area contributed by atoms with E-state index in [1.165, 1.54) is 9.80 Å². The second kappa shape index (κ2) is 11.3. The zero-order chi connectivity index (χ0) is 24.8. The molecule has 0 unspecified atom stereocenters. The number of ether oxygens (including phenoxy) is 1. The molecule has 4 amide bonds. The van der Waals surface area contributed by atoms with Gasteiger partial charge >= 0.3 is 0 Å². The van der Waals surface area contributed by atoms with Gasteiger partial charge in [-0.2, -0.15) is 0 Å². The summed E-state index contributed by atoms with van der Waals surface area (Å²) in [5, 5.41) is 2.94. The molecule has 3 rings (SSSR count). The van der Waals surface area contributed by atoms with Gasteiger partial charge in [0.2, 0.25) is 23.6 Å². The molecular formula is C26H35N3O5. The van der Waals surface area contributed by atoms with Crippen LogP contribution < -0.4 is 10.1 Å². The number of nitrogens with one attached hydrogen (secondary N) is 1. The Hall–Kier alpha value is -3.16. The van der Waals surface area contributed by atoms with Gasteiger partial charge in [-0.25, -0.2) is 0 Å². The van der Waals surface area contributed by atoms with E-state index in [4.69, 9.17) is 4.74 Å². The Morgan fingerprint density at radius 3 is 2.21 bits per heavy atom. The molecule has 1 fully saturated rings. The van der Waals surface area contributed by atoms with E-state index in [1.807, 2.05) is 38.1 Å². The van der Waals surface area contributed by atoms with Crippen LogP contribution in [0.5, 0.6) is 5.75 Å². The van der Waals surface area contributed by atoms with Gasteiger partial charge in [-0.15, -0.1) is 0 Å². The highest BCUT2D eigenvalue weighted by Gasteiger charge is 2.47. The lowest BCUT2D eigenvalue weighted by molar-refractivity contribution is -0.143. The molecular weight excluding hydrogens is 434 g/mol. The van der Waals surface area contributed by atoms with Gasteiger partial charge in [-0.3, -0.25) is 24.1 Å². The van der Waals surface area contributed by atoms with E-state index in [1.54, 1.807) is 26.2 Å². The van der Waals surface area contributed by atoms with Crippen LogP contribution in [-0.4, -0.2) is 59.2 Å². The Labute approximate surface area is 201 Å². The Morgan fingerprint density at radius 2 is 1.68 bits per heavy atom. The van der Waals surface area contributed by atoms with E-state index in [0.717, 1.165) is 12.0 Å². The summed E-state index contributed by atoms with van der Waals surface area (Å²) in [4.78, 5) is 54.4. The van der Waals surface area contributed by atoms with Crippen LogP contribution in [0.25, 0.3) is 0 Å². The van der Waals surface area contributed by atoms with E-state index in [2.05, 4.69) is 5.32 Å². The fourth-order valence-electron chi connectivity index (χ4n) is 4.42. The van der Waals surface area contributed by atoms with Crippen LogP contribution in [0.3, 0.4) is 0 Å². The Balaban J connectivity index is 1.72. The average Bonchev–Trinajstić information content (AvgIpc) is 3.10. The van der Waals surface area contributed by atoms with Crippen molar-refractivity contribution in [2.24, 2.45) is 11.8 Å². The molecule has 34 heavy (non-hydrogen) atoms. The largest absolute Gasteiger partial charge is 0.497 e. The van der Waals surface area contributed by atoms with E-state index in [0.29, 0.717) is 18.6 Å². The minimum Gasteiger partial charge on any atom is -0.497 e. The van der Waals surface area contributed by atoms with Crippen LogP contribution in [0.15, 0.2) is 36.4 Å². The summed E-state index contributed by atoms with van der Waals surface area (Å²) in [5.74, 6) is -0.844. The number of amides is 4. The highest BCUT2D eigenvalue weighted by atomic mass is 16.5. The molecule has 1 saturated heterocycles. The molecule has 0 spiro atoms. The van der Waals surface area contributed by atoms with Crippen LogP contribution in [0, 0.1) is 11.8 Å². The maximum Gasteiger partial charge on any atom is 0.242 e. The molecule has 184 valence electrons. The molecule has 0 bridgehead atoms. The molecule has 1 heterocycles. The van der Waals surface area contributed by atoms with Crippen molar-refractivity contribution in [3.8, 4) is 5.75 Å². The standard InChI is InChI=1S/C26H35N3O5/c1-5-17(2)27-24(31)18(3)29(16-19-10-12-20(34-4)13-11-19)23(30)14-15-28-25(32)21-8-6-7-9-22(21)26(28)33/h6-7,10-13,17-18,21-22H,5,8-9,14-16H2,1-4H3,(H,27,31)/t17-,18+,21-,22+/m0/s1. The first-order valence-electron chi connectivity index (χ1n) is 12.0. The van der Waals surface area contributed by atoms with Gasteiger partial charge in [0.25, 0.3) is 0 Å². The molecule has 8 nitrogen and oxygen atoms in total. The van der Waals surface area contributed by atoms with Crippen LogP contribution in [0.2, 0.25) is 0 Å².